The number of fused-ring (bicyclic) bond motifs is 1. The number of allylic oxidation sites excluding steroid dienone is 4. The molecule has 0 saturated heterocycles. The van der Waals surface area contributed by atoms with Crippen LogP contribution in [0.2, 0.25) is 0 Å². The van der Waals surface area contributed by atoms with Gasteiger partial charge < -0.3 is 0 Å². The minimum absolute atomic E-state index is 0.0315. The van der Waals surface area contributed by atoms with Crippen LogP contribution in [0.1, 0.15) is 67.2 Å². The Morgan fingerprint density at radius 2 is 1.94 bits per heavy atom. The third-order valence-electron chi connectivity index (χ3n) is 7.79. The standard InChI is InChI=1S/C27H26F3NO2S/c1-15(2)22-9-21(16-5-6-34-14-16)25-23(31-22)7-17(8-24(25)33)18-10-26(11-18)12-19(27(28,29)30)3-4-20(26)13-32/h3-6,9,13-15,17-18H,7-8,10-12H2,1-2H3. The van der Waals surface area contributed by atoms with Gasteiger partial charge in [-0.25, -0.2) is 0 Å². The summed E-state index contributed by atoms with van der Waals surface area (Å²) in [7, 11) is 0. The lowest BCUT2D eigenvalue weighted by atomic mass is 9.51. The first-order valence-corrected chi connectivity index (χ1v) is 12.6. The van der Waals surface area contributed by atoms with Crippen LogP contribution in [0.25, 0.3) is 11.1 Å². The van der Waals surface area contributed by atoms with E-state index < -0.39 is 17.2 Å². The van der Waals surface area contributed by atoms with E-state index in [0.717, 1.165) is 28.6 Å². The van der Waals surface area contributed by atoms with E-state index in [9.17, 15) is 22.8 Å². The normalized spacial score (nSPS) is 26.7. The second kappa shape index (κ2) is 8.29. The van der Waals surface area contributed by atoms with Gasteiger partial charge in [0.25, 0.3) is 0 Å². The van der Waals surface area contributed by atoms with Gasteiger partial charge >= 0.3 is 6.18 Å². The largest absolute Gasteiger partial charge is 0.412 e. The van der Waals surface area contributed by atoms with Gasteiger partial charge in [0.15, 0.2) is 5.78 Å². The number of ketones is 1. The van der Waals surface area contributed by atoms with Crippen LogP contribution in [0.15, 0.2) is 46.2 Å². The molecule has 2 aromatic heterocycles. The van der Waals surface area contributed by atoms with Crippen molar-refractivity contribution in [3.05, 3.63) is 63.1 Å². The SMILES string of the molecule is CC(C)c1cc(-c2ccsc2)c2c(n1)CC(C1CC3(CC(C(F)(F)F)=CC=C3C=O)C1)CC2=O. The van der Waals surface area contributed by atoms with Gasteiger partial charge in [0.05, 0.1) is 5.69 Å². The second-order valence-corrected chi connectivity index (χ2v) is 11.0. The number of Topliss-reactive ketones (excluding diaryl/α,β-unsaturated/α-hetero) is 1. The molecule has 0 N–H and O–H groups in total. The van der Waals surface area contributed by atoms with Crippen molar-refractivity contribution in [3.8, 4) is 11.1 Å². The summed E-state index contributed by atoms with van der Waals surface area (Å²) in [6, 6.07) is 4.04. The number of rotatable bonds is 4. The van der Waals surface area contributed by atoms with E-state index in [2.05, 4.69) is 13.8 Å². The Labute approximate surface area is 200 Å². The van der Waals surface area contributed by atoms with Crippen molar-refractivity contribution in [2.24, 2.45) is 17.3 Å². The summed E-state index contributed by atoms with van der Waals surface area (Å²) in [4.78, 5) is 29.8. The fourth-order valence-electron chi connectivity index (χ4n) is 5.92. The highest BCUT2D eigenvalue weighted by molar-refractivity contribution is 7.08. The van der Waals surface area contributed by atoms with Crippen LogP contribution in [0.5, 0.6) is 0 Å². The van der Waals surface area contributed by atoms with E-state index in [1.54, 1.807) is 11.3 Å². The molecule has 2 heterocycles. The first-order valence-electron chi connectivity index (χ1n) is 11.6. The van der Waals surface area contributed by atoms with E-state index in [0.29, 0.717) is 43.1 Å². The molecule has 5 rings (SSSR count). The van der Waals surface area contributed by atoms with Crippen LogP contribution in [-0.4, -0.2) is 23.2 Å². The lowest BCUT2D eigenvalue weighted by Crippen LogP contribution is -2.46. The minimum atomic E-state index is -4.39. The molecule has 0 aromatic carbocycles. The van der Waals surface area contributed by atoms with Crippen molar-refractivity contribution in [3.63, 3.8) is 0 Å². The molecule has 1 fully saturated rings. The average molecular weight is 486 g/mol. The Balaban J connectivity index is 1.42. The molecule has 0 bridgehead atoms. The number of aldehydes is 1. The van der Waals surface area contributed by atoms with Gasteiger partial charge in [-0.1, -0.05) is 26.0 Å². The van der Waals surface area contributed by atoms with E-state index >= 15 is 0 Å². The predicted molar refractivity (Wildman–Crippen MR) is 126 cm³/mol. The third-order valence-corrected chi connectivity index (χ3v) is 8.47. The first kappa shape index (κ1) is 23.2. The molecule has 1 spiro atoms. The number of nitrogens with zero attached hydrogens (tertiary/aromatic N) is 1. The summed E-state index contributed by atoms with van der Waals surface area (Å²) in [5.74, 6) is 0.397. The number of halogens is 3. The van der Waals surface area contributed by atoms with Gasteiger partial charge in [-0.2, -0.15) is 24.5 Å². The van der Waals surface area contributed by atoms with Crippen molar-refractivity contribution in [1.82, 2.24) is 4.98 Å². The second-order valence-electron chi connectivity index (χ2n) is 10.2. The van der Waals surface area contributed by atoms with Crippen molar-refractivity contribution in [2.45, 2.75) is 58.0 Å². The summed E-state index contributed by atoms with van der Waals surface area (Å²) >= 11 is 1.59. The first-order chi connectivity index (χ1) is 16.1. The van der Waals surface area contributed by atoms with Crippen LogP contribution in [0, 0.1) is 17.3 Å². The summed E-state index contributed by atoms with van der Waals surface area (Å²) < 4.78 is 40.1. The minimum Gasteiger partial charge on any atom is -0.298 e. The Kier molecular flexibility index (Phi) is 5.66. The number of hydrogen-bond donors (Lipinski definition) is 0. The maximum absolute atomic E-state index is 13.4. The topological polar surface area (TPSA) is 47.0 Å². The van der Waals surface area contributed by atoms with E-state index in [1.807, 2.05) is 22.9 Å². The summed E-state index contributed by atoms with van der Waals surface area (Å²) in [6.45, 7) is 4.15. The number of carbonyl (C=O) groups is 2. The molecule has 3 nitrogen and oxygen atoms in total. The van der Waals surface area contributed by atoms with Gasteiger partial charge in [-0.05, 0) is 83.0 Å². The molecule has 178 valence electrons. The Bertz CT molecular complexity index is 1200. The fourth-order valence-corrected chi connectivity index (χ4v) is 6.58. The number of thiophene rings is 1. The smallest absolute Gasteiger partial charge is 0.298 e. The highest BCUT2D eigenvalue weighted by Gasteiger charge is 2.54. The van der Waals surface area contributed by atoms with Crippen LogP contribution in [-0.2, 0) is 11.2 Å². The molecular weight excluding hydrogens is 459 g/mol. The van der Waals surface area contributed by atoms with Crippen LogP contribution < -0.4 is 0 Å². The predicted octanol–water partition coefficient (Wildman–Crippen LogP) is 7.09. The summed E-state index contributed by atoms with van der Waals surface area (Å²) in [5, 5.41) is 4.03. The van der Waals surface area contributed by atoms with Crippen molar-refractivity contribution in [2.75, 3.05) is 0 Å². The molecule has 1 atom stereocenters. The van der Waals surface area contributed by atoms with E-state index in [-0.39, 0.29) is 30.0 Å². The van der Waals surface area contributed by atoms with Gasteiger partial charge in [0, 0.05) is 28.7 Å². The molecule has 1 saturated carbocycles. The number of pyridine rings is 1. The van der Waals surface area contributed by atoms with Gasteiger partial charge in [0.2, 0.25) is 0 Å². The molecule has 1 unspecified atom stereocenters. The van der Waals surface area contributed by atoms with E-state index in [4.69, 9.17) is 4.98 Å². The van der Waals surface area contributed by atoms with Crippen LogP contribution in [0.3, 0.4) is 0 Å². The number of alkyl halides is 3. The number of carbonyl (C=O) groups excluding carboxylic acids is 2. The summed E-state index contributed by atoms with van der Waals surface area (Å²) in [6.07, 6.45) is 0.526. The molecule has 7 heteroatoms. The fraction of sp³-hybridized carbons (Fsp3) is 0.444. The average Bonchev–Trinajstić information content (AvgIpc) is 3.30. The molecule has 3 aliphatic carbocycles. The maximum Gasteiger partial charge on any atom is 0.412 e. The molecular formula is C27H26F3NO2S. The monoisotopic (exact) mass is 485 g/mol. The Morgan fingerprint density at radius 3 is 2.56 bits per heavy atom. The lowest BCUT2D eigenvalue weighted by Gasteiger charge is -2.53. The zero-order chi connectivity index (χ0) is 24.3. The molecule has 0 radical (unpaired) electrons. The number of hydrogen-bond acceptors (Lipinski definition) is 4. The van der Waals surface area contributed by atoms with Crippen LogP contribution in [0.4, 0.5) is 13.2 Å². The van der Waals surface area contributed by atoms with E-state index in [1.165, 1.54) is 6.08 Å². The van der Waals surface area contributed by atoms with Gasteiger partial charge in [0.1, 0.15) is 6.29 Å². The molecule has 2 aromatic rings. The molecule has 34 heavy (non-hydrogen) atoms. The molecule has 0 aliphatic heterocycles. The maximum atomic E-state index is 13.4. The number of aromatic nitrogens is 1. The third kappa shape index (κ3) is 3.88. The van der Waals surface area contributed by atoms with Crippen molar-refractivity contribution < 1.29 is 22.8 Å². The highest BCUT2D eigenvalue weighted by Crippen LogP contribution is 2.60. The zero-order valence-electron chi connectivity index (χ0n) is 19.1. The van der Waals surface area contributed by atoms with Gasteiger partial charge in [-0.15, -0.1) is 0 Å². The quantitative estimate of drug-likeness (QED) is 0.434. The highest BCUT2D eigenvalue weighted by atomic mass is 32.1. The Hall–Kier alpha value is -2.54. The Morgan fingerprint density at radius 1 is 1.18 bits per heavy atom. The molecule has 3 aliphatic rings. The lowest BCUT2D eigenvalue weighted by molar-refractivity contribution is -0.111. The van der Waals surface area contributed by atoms with Crippen molar-refractivity contribution >= 4 is 23.4 Å². The zero-order valence-corrected chi connectivity index (χ0v) is 19.9. The molecule has 0 amide bonds. The van der Waals surface area contributed by atoms with Crippen molar-refractivity contribution in [1.29, 1.82) is 0 Å². The summed E-state index contributed by atoms with van der Waals surface area (Å²) in [5.41, 5.74) is 3.50. The van der Waals surface area contributed by atoms with Gasteiger partial charge in [-0.3, -0.25) is 14.6 Å². The van der Waals surface area contributed by atoms with Crippen LogP contribution >= 0.6 is 11.3 Å².